The topological polar surface area (TPSA) is 117 Å². The summed E-state index contributed by atoms with van der Waals surface area (Å²) in [5.41, 5.74) is 2.07. The molecule has 8 heteroatoms. The lowest BCUT2D eigenvalue weighted by atomic mass is 9.97. The van der Waals surface area contributed by atoms with E-state index in [0.29, 0.717) is 12.2 Å². The maximum absolute atomic E-state index is 12.2. The smallest absolute Gasteiger partial charge is 0.340 e. The minimum Gasteiger partial charge on any atom is -0.452 e. The van der Waals surface area contributed by atoms with E-state index in [1.54, 1.807) is 24.3 Å². The van der Waals surface area contributed by atoms with E-state index in [9.17, 15) is 14.4 Å². The fourth-order valence-corrected chi connectivity index (χ4v) is 2.89. The number of aliphatic hydroxyl groups is 1. The molecule has 8 nitrogen and oxygen atoms in total. The largest absolute Gasteiger partial charge is 0.452 e. The highest BCUT2D eigenvalue weighted by Crippen LogP contribution is 2.19. The number of esters is 1. The molecule has 0 saturated heterocycles. The van der Waals surface area contributed by atoms with Gasteiger partial charge in [-0.05, 0) is 44.2 Å². The van der Waals surface area contributed by atoms with Crippen LogP contribution in [0.3, 0.4) is 0 Å². The third kappa shape index (κ3) is 7.40. The van der Waals surface area contributed by atoms with E-state index in [4.69, 9.17) is 9.84 Å². The lowest BCUT2D eigenvalue weighted by Crippen LogP contribution is -2.41. The number of ether oxygens (including phenoxy) is 1. The Morgan fingerprint density at radius 3 is 2.68 bits per heavy atom. The van der Waals surface area contributed by atoms with Crippen molar-refractivity contribution in [3.05, 3.63) is 41.5 Å². The number of carbonyl (C=O) groups excluding carboxylic acids is 3. The van der Waals surface area contributed by atoms with Crippen molar-refractivity contribution in [2.45, 2.75) is 32.1 Å². The van der Waals surface area contributed by atoms with Crippen LogP contribution in [-0.4, -0.2) is 49.3 Å². The number of nitrogens with one attached hydrogen (secondary N) is 3. The SMILES string of the molecule is O=C(COC(=O)c1ccccc1NCCO)NC(=O)NCCC1=CCCCC1. The summed E-state index contributed by atoms with van der Waals surface area (Å²) in [4.78, 5) is 35.7. The summed E-state index contributed by atoms with van der Waals surface area (Å²) in [7, 11) is 0. The molecule has 0 bridgehead atoms. The molecule has 0 radical (unpaired) electrons. The molecule has 1 aliphatic rings. The number of imide groups is 1. The number of para-hydroxylation sites is 1. The number of aliphatic hydroxyl groups excluding tert-OH is 1. The van der Waals surface area contributed by atoms with E-state index in [1.807, 2.05) is 0 Å². The minimum absolute atomic E-state index is 0.0851. The molecule has 0 atom stereocenters. The molecule has 0 unspecified atom stereocenters. The van der Waals surface area contributed by atoms with Gasteiger partial charge in [0.1, 0.15) is 0 Å². The third-order valence-electron chi connectivity index (χ3n) is 4.28. The van der Waals surface area contributed by atoms with Crippen LogP contribution in [0.2, 0.25) is 0 Å². The van der Waals surface area contributed by atoms with Crippen LogP contribution >= 0.6 is 0 Å². The Balaban J connectivity index is 1.70. The fourth-order valence-electron chi connectivity index (χ4n) is 2.89. The molecule has 0 fully saturated rings. The predicted octanol–water partition coefficient (Wildman–Crippen LogP) is 1.96. The number of benzene rings is 1. The summed E-state index contributed by atoms with van der Waals surface area (Å²) >= 11 is 0. The van der Waals surface area contributed by atoms with Crippen molar-refractivity contribution >= 4 is 23.6 Å². The van der Waals surface area contributed by atoms with Gasteiger partial charge in [0.15, 0.2) is 6.61 Å². The van der Waals surface area contributed by atoms with Gasteiger partial charge >= 0.3 is 12.0 Å². The molecule has 3 amide bonds. The first kappa shape index (κ1) is 21.4. The fraction of sp³-hybridized carbons (Fsp3) is 0.450. The molecule has 0 heterocycles. The maximum atomic E-state index is 12.2. The first-order chi connectivity index (χ1) is 13.6. The Labute approximate surface area is 164 Å². The summed E-state index contributed by atoms with van der Waals surface area (Å²) in [6, 6.07) is 6.00. The van der Waals surface area contributed by atoms with Crippen molar-refractivity contribution < 1.29 is 24.2 Å². The van der Waals surface area contributed by atoms with Crippen molar-refractivity contribution in [3.8, 4) is 0 Å². The van der Waals surface area contributed by atoms with Crippen LogP contribution in [0.5, 0.6) is 0 Å². The zero-order valence-corrected chi connectivity index (χ0v) is 15.8. The molecule has 152 valence electrons. The van der Waals surface area contributed by atoms with Gasteiger partial charge in [0.05, 0.1) is 12.2 Å². The molecule has 0 aromatic heterocycles. The van der Waals surface area contributed by atoms with Crippen molar-refractivity contribution in [1.29, 1.82) is 0 Å². The zero-order valence-electron chi connectivity index (χ0n) is 15.8. The number of hydrogen-bond donors (Lipinski definition) is 4. The molecule has 4 N–H and O–H groups in total. The monoisotopic (exact) mass is 389 g/mol. The van der Waals surface area contributed by atoms with E-state index >= 15 is 0 Å². The third-order valence-corrected chi connectivity index (χ3v) is 4.28. The predicted molar refractivity (Wildman–Crippen MR) is 105 cm³/mol. The Bertz CT molecular complexity index is 718. The number of rotatable bonds is 9. The summed E-state index contributed by atoms with van der Waals surface area (Å²) in [5.74, 6) is -1.40. The van der Waals surface area contributed by atoms with Crippen molar-refractivity contribution in [1.82, 2.24) is 10.6 Å². The quantitative estimate of drug-likeness (QED) is 0.379. The summed E-state index contributed by atoms with van der Waals surface area (Å²) in [6.45, 7) is 0.0837. The van der Waals surface area contributed by atoms with Gasteiger partial charge in [-0.3, -0.25) is 10.1 Å². The van der Waals surface area contributed by atoms with E-state index in [0.717, 1.165) is 19.3 Å². The molecule has 1 aromatic rings. The van der Waals surface area contributed by atoms with E-state index in [2.05, 4.69) is 22.0 Å². The molecule has 2 rings (SSSR count). The first-order valence-corrected chi connectivity index (χ1v) is 9.46. The standard InChI is InChI=1S/C20H27N3O5/c24-13-12-21-17-9-5-4-8-16(17)19(26)28-14-18(25)23-20(27)22-11-10-15-6-2-1-3-7-15/h4-6,8-9,21,24H,1-3,7,10-14H2,(H2,22,23,25,27). The van der Waals surface area contributed by atoms with E-state index < -0.39 is 24.5 Å². The highest BCUT2D eigenvalue weighted by Gasteiger charge is 2.15. The van der Waals surface area contributed by atoms with Gasteiger partial charge in [-0.25, -0.2) is 9.59 Å². The Morgan fingerprint density at radius 2 is 1.93 bits per heavy atom. The highest BCUT2D eigenvalue weighted by atomic mass is 16.5. The van der Waals surface area contributed by atoms with E-state index in [1.165, 1.54) is 18.4 Å². The zero-order chi connectivity index (χ0) is 20.2. The first-order valence-electron chi connectivity index (χ1n) is 9.46. The molecule has 1 aromatic carbocycles. The minimum atomic E-state index is -0.705. The Kier molecular flexibility index (Phi) is 9.00. The number of carbonyl (C=O) groups is 3. The van der Waals surface area contributed by atoms with Crippen LogP contribution in [0, 0.1) is 0 Å². The molecular formula is C20H27N3O5. The van der Waals surface area contributed by atoms with Gasteiger partial charge in [-0.1, -0.05) is 23.8 Å². The second-order valence-corrected chi connectivity index (χ2v) is 6.43. The van der Waals surface area contributed by atoms with Crippen molar-refractivity contribution in [2.24, 2.45) is 0 Å². The lowest BCUT2D eigenvalue weighted by molar-refractivity contribution is -0.123. The highest BCUT2D eigenvalue weighted by molar-refractivity contribution is 5.99. The average Bonchev–Trinajstić information content (AvgIpc) is 2.71. The van der Waals surface area contributed by atoms with Gasteiger partial charge in [0.25, 0.3) is 5.91 Å². The second-order valence-electron chi connectivity index (χ2n) is 6.43. The van der Waals surface area contributed by atoms with Crippen molar-refractivity contribution in [2.75, 3.05) is 31.6 Å². The molecule has 0 saturated carbocycles. The summed E-state index contributed by atoms with van der Waals surface area (Å²) in [6.07, 6.45) is 7.53. The van der Waals surface area contributed by atoms with Crippen LogP contribution in [0.1, 0.15) is 42.5 Å². The van der Waals surface area contributed by atoms with Gasteiger partial charge in [-0.15, -0.1) is 0 Å². The summed E-state index contributed by atoms with van der Waals surface area (Å²) in [5, 5.41) is 16.5. The maximum Gasteiger partial charge on any atom is 0.340 e. The number of urea groups is 1. The normalized spacial score (nSPS) is 13.2. The van der Waals surface area contributed by atoms with Crippen LogP contribution in [-0.2, 0) is 9.53 Å². The lowest BCUT2D eigenvalue weighted by Gasteiger charge is -2.13. The number of anilines is 1. The van der Waals surface area contributed by atoms with Gasteiger partial charge in [0.2, 0.25) is 0 Å². The van der Waals surface area contributed by atoms with Crippen molar-refractivity contribution in [3.63, 3.8) is 0 Å². The average molecular weight is 389 g/mol. The summed E-state index contributed by atoms with van der Waals surface area (Å²) < 4.78 is 4.97. The van der Waals surface area contributed by atoms with Gasteiger partial charge < -0.3 is 20.5 Å². The Morgan fingerprint density at radius 1 is 1.11 bits per heavy atom. The van der Waals surface area contributed by atoms with E-state index in [-0.39, 0.29) is 18.7 Å². The Hall–Kier alpha value is -2.87. The van der Waals surface area contributed by atoms with Crippen LogP contribution in [0.4, 0.5) is 10.5 Å². The molecule has 0 aliphatic heterocycles. The van der Waals surface area contributed by atoms with Crippen LogP contribution < -0.4 is 16.0 Å². The second kappa shape index (κ2) is 11.8. The molecular weight excluding hydrogens is 362 g/mol. The molecule has 1 aliphatic carbocycles. The van der Waals surface area contributed by atoms with Gasteiger partial charge in [-0.2, -0.15) is 0 Å². The molecule has 0 spiro atoms. The number of hydrogen-bond acceptors (Lipinski definition) is 6. The van der Waals surface area contributed by atoms with Crippen LogP contribution in [0.15, 0.2) is 35.9 Å². The molecule has 28 heavy (non-hydrogen) atoms. The number of allylic oxidation sites excluding steroid dienone is 1. The number of amides is 3. The van der Waals surface area contributed by atoms with Crippen LogP contribution in [0.25, 0.3) is 0 Å². The van der Waals surface area contributed by atoms with Gasteiger partial charge in [0, 0.05) is 18.8 Å².